The van der Waals surface area contributed by atoms with Gasteiger partial charge in [0.2, 0.25) is 5.82 Å². The molecule has 1 unspecified atom stereocenters. The molecule has 172 valence electrons. The van der Waals surface area contributed by atoms with Crippen molar-refractivity contribution in [3.8, 4) is 11.4 Å². The second-order valence-electron chi connectivity index (χ2n) is 7.95. The van der Waals surface area contributed by atoms with Crippen LogP contribution in [0.1, 0.15) is 50.6 Å². The van der Waals surface area contributed by atoms with Crippen molar-refractivity contribution in [2.75, 3.05) is 12.8 Å². The predicted molar refractivity (Wildman–Crippen MR) is 128 cm³/mol. The third-order valence-corrected chi connectivity index (χ3v) is 6.51. The molecule has 0 radical (unpaired) electrons. The summed E-state index contributed by atoms with van der Waals surface area (Å²) in [6.45, 7) is 4.58. The molecule has 1 aromatic heterocycles. The van der Waals surface area contributed by atoms with Gasteiger partial charge in [0.25, 0.3) is 5.89 Å². The van der Waals surface area contributed by atoms with E-state index in [0.717, 1.165) is 35.4 Å². The minimum Gasteiger partial charge on any atom is -0.334 e. The molecule has 1 aliphatic rings. The second kappa shape index (κ2) is 10.2. The fourth-order valence-corrected chi connectivity index (χ4v) is 4.38. The molecule has 1 atom stereocenters. The first kappa shape index (κ1) is 23.0. The Kier molecular flexibility index (Phi) is 7.13. The first-order valence-corrected chi connectivity index (χ1v) is 12.3. The first-order valence-electron chi connectivity index (χ1n) is 11.0. The highest BCUT2D eigenvalue weighted by Gasteiger charge is 2.35. The molecule has 2 amide bonds. The topological polar surface area (TPSA) is 71.3 Å². The standard InChI is InChI=1S/C25H27FN4O2S/c1-4-5-6-14-30-16(2)21(22(27-25(30)31)18-8-7-9-19(26)15-18)24-28-23(29-32-24)17-10-12-20(33-3)13-11-17/h7-13,15,22H,4-6,14H2,1-3H3,(H,27,31). The Morgan fingerprint density at radius 2 is 1.97 bits per heavy atom. The van der Waals surface area contributed by atoms with Crippen LogP contribution in [0.15, 0.2) is 63.6 Å². The number of urea groups is 1. The average molecular weight is 467 g/mol. The van der Waals surface area contributed by atoms with Crippen molar-refractivity contribution in [2.24, 2.45) is 0 Å². The Morgan fingerprint density at radius 3 is 2.67 bits per heavy atom. The van der Waals surface area contributed by atoms with E-state index >= 15 is 0 Å². The molecule has 0 saturated carbocycles. The highest BCUT2D eigenvalue weighted by atomic mass is 32.2. The first-order chi connectivity index (χ1) is 16.0. The summed E-state index contributed by atoms with van der Waals surface area (Å²) >= 11 is 1.66. The van der Waals surface area contributed by atoms with E-state index in [1.807, 2.05) is 37.4 Å². The summed E-state index contributed by atoms with van der Waals surface area (Å²) in [6, 6.07) is 13.3. The molecule has 3 aromatic rings. The van der Waals surface area contributed by atoms with Crippen molar-refractivity contribution in [2.45, 2.75) is 44.0 Å². The summed E-state index contributed by atoms with van der Waals surface area (Å²) in [5.41, 5.74) is 2.87. The van der Waals surface area contributed by atoms with Crippen molar-refractivity contribution in [3.63, 3.8) is 0 Å². The molecule has 0 bridgehead atoms. The number of thioether (sulfide) groups is 1. The maximum Gasteiger partial charge on any atom is 0.322 e. The van der Waals surface area contributed by atoms with Crippen LogP contribution in [0, 0.1) is 5.82 Å². The van der Waals surface area contributed by atoms with E-state index in [1.54, 1.807) is 28.8 Å². The summed E-state index contributed by atoms with van der Waals surface area (Å²) in [6.07, 6.45) is 4.98. The largest absolute Gasteiger partial charge is 0.334 e. The molecule has 0 spiro atoms. The van der Waals surface area contributed by atoms with Gasteiger partial charge in [-0.3, -0.25) is 4.90 Å². The zero-order chi connectivity index (χ0) is 23.4. The van der Waals surface area contributed by atoms with Gasteiger partial charge >= 0.3 is 6.03 Å². The Balaban J connectivity index is 1.75. The van der Waals surface area contributed by atoms with E-state index in [-0.39, 0.29) is 11.8 Å². The summed E-state index contributed by atoms with van der Waals surface area (Å²) in [4.78, 5) is 20.4. The minimum atomic E-state index is -0.595. The van der Waals surface area contributed by atoms with Gasteiger partial charge in [-0.05, 0) is 61.6 Å². The fourth-order valence-electron chi connectivity index (χ4n) is 3.97. The third-order valence-electron chi connectivity index (χ3n) is 5.77. The number of allylic oxidation sites excluding steroid dienone is 1. The SMILES string of the molecule is CCCCCN1C(=O)NC(c2cccc(F)c2)C(c2nc(-c3ccc(SC)cc3)no2)=C1C. The number of benzene rings is 2. The fraction of sp³-hybridized carbons (Fsp3) is 0.320. The third kappa shape index (κ3) is 4.95. The van der Waals surface area contributed by atoms with E-state index < -0.39 is 6.04 Å². The van der Waals surface area contributed by atoms with Gasteiger partial charge in [0.1, 0.15) is 5.82 Å². The van der Waals surface area contributed by atoms with Crippen LogP contribution < -0.4 is 5.32 Å². The zero-order valence-corrected chi connectivity index (χ0v) is 19.8. The molecule has 4 rings (SSSR count). The quantitative estimate of drug-likeness (QED) is 0.312. The van der Waals surface area contributed by atoms with Crippen LogP contribution in [0.5, 0.6) is 0 Å². The maximum absolute atomic E-state index is 14.0. The highest BCUT2D eigenvalue weighted by Crippen LogP contribution is 2.37. The van der Waals surface area contributed by atoms with Crippen LogP contribution in [0.25, 0.3) is 17.0 Å². The number of halogens is 1. The van der Waals surface area contributed by atoms with Crippen LogP contribution in [0.3, 0.4) is 0 Å². The number of aromatic nitrogens is 2. The van der Waals surface area contributed by atoms with Gasteiger partial charge in [-0.25, -0.2) is 9.18 Å². The van der Waals surface area contributed by atoms with Gasteiger partial charge in [-0.15, -0.1) is 11.8 Å². The van der Waals surface area contributed by atoms with Crippen LogP contribution >= 0.6 is 11.8 Å². The van der Waals surface area contributed by atoms with E-state index in [1.165, 1.54) is 12.1 Å². The molecule has 0 fully saturated rings. The van der Waals surface area contributed by atoms with Gasteiger partial charge < -0.3 is 9.84 Å². The van der Waals surface area contributed by atoms with Crippen molar-refractivity contribution in [1.82, 2.24) is 20.4 Å². The Bertz CT molecular complexity index is 1160. The number of carbonyl (C=O) groups excluding carboxylic acids is 1. The summed E-state index contributed by atoms with van der Waals surface area (Å²) in [7, 11) is 0. The van der Waals surface area contributed by atoms with E-state index in [9.17, 15) is 9.18 Å². The monoisotopic (exact) mass is 466 g/mol. The Hall–Kier alpha value is -3.13. The van der Waals surface area contributed by atoms with Crippen LogP contribution in [-0.2, 0) is 0 Å². The molecular weight excluding hydrogens is 439 g/mol. The van der Waals surface area contributed by atoms with Crippen molar-refractivity contribution in [1.29, 1.82) is 0 Å². The predicted octanol–water partition coefficient (Wildman–Crippen LogP) is 6.29. The molecule has 2 aromatic carbocycles. The van der Waals surface area contributed by atoms with Gasteiger partial charge in [-0.2, -0.15) is 4.98 Å². The molecule has 2 heterocycles. The van der Waals surface area contributed by atoms with Crippen molar-refractivity contribution >= 4 is 23.4 Å². The molecule has 8 heteroatoms. The number of rotatable bonds is 8. The van der Waals surface area contributed by atoms with E-state index in [2.05, 4.69) is 22.4 Å². The second-order valence-corrected chi connectivity index (χ2v) is 8.83. The molecule has 1 aliphatic heterocycles. The zero-order valence-electron chi connectivity index (χ0n) is 19.0. The molecule has 6 nitrogen and oxygen atoms in total. The lowest BCUT2D eigenvalue weighted by atomic mass is 9.94. The maximum atomic E-state index is 14.0. The van der Waals surface area contributed by atoms with Gasteiger partial charge in [0.05, 0.1) is 11.6 Å². The molecular formula is C25H27FN4O2S. The number of hydrogen-bond acceptors (Lipinski definition) is 5. The average Bonchev–Trinajstić information content (AvgIpc) is 3.30. The number of nitrogens with zero attached hydrogens (tertiary/aromatic N) is 3. The lowest BCUT2D eigenvalue weighted by molar-refractivity contribution is 0.204. The molecule has 0 aliphatic carbocycles. The molecule has 33 heavy (non-hydrogen) atoms. The Labute approximate surface area is 197 Å². The van der Waals surface area contributed by atoms with Crippen molar-refractivity contribution in [3.05, 3.63) is 71.5 Å². The lowest BCUT2D eigenvalue weighted by Gasteiger charge is -2.35. The van der Waals surface area contributed by atoms with Gasteiger partial charge in [0.15, 0.2) is 0 Å². The summed E-state index contributed by atoms with van der Waals surface area (Å²) in [5.74, 6) is 0.404. The van der Waals surface area contributed by atoms with E-state index in [4.69, 9.17) is 4.52 Å². The smallest absolute Gasteiger partial charge is 0.322 e. The number of amides is 2. The Morgan fingerprint density at radius 1 is 1.18 bits per heavy atom. The van der Waals surface area contributed by atoms with Crippen LogP contribution in [0.2, 0.25) is 0 Å². The number of nitrogens with one attached hydrogen (secondary N) is 1. The molecule has 1 N–H and O–H groups in total. The summed E-state index contributed by atoms with van der Waals surface area (Å²) in [5, 5.41) is 7.20. The van der Waals surface area contributed by atoms with Gasteiger partial charge in [-0.1, -0.05) is 37.1 Å². The number of unbranched alkanes of at least 4 members (excludes halogenated alkanes) is 2. The summed E-state index contributed by atoms with van der Waals surface area (Å²) < 4.78 is 19.7. The highest BCUT2D eigenvalue weighted by molar-refractivity contribution is 7.98. The van der Waals surface area contributed by atoms with E-state index in [0.29, 0.717) is 29.4 Å². The lowest BCUT2D eigenvalue weighted by Crippen LogP contribution is -2.46. The number of hydrogen-bond donors (Lipinski definition) is 1. The number of carbonyl (C=O) groups is 1. The minimum absolute atomic E-state index is 0.214. The van der Waals surface area contributed by atoms with Gasteiger partial charge in [0, 0.05) is 22.7 Å². The normalized spacial score (nSPS) is 16.3. The van der Waals surface area contributed by atoms with Crippen LogP contribution in [0.4, 0.5) is 9.18 Å². The van der Waals surface area contributed by atoms with Crippen molar-refractivity contribution < 1.29 is 13.7 Å². The van der Waals surface area contributed by atoms with Crippen LogP contribution in [-0.4, -0.2) is 33.9 Å². The molecule has 0 saturated heterocycles.